The Morgan fingerprint density at radius 3 is 0.581 bits per heavy atom. The summed E-state index contributed by atoms with van der Waals surface area (Å²) in [6.45, 7) is 0. The number of aromatic nitrogens is 8. The van der Waals surface area contributed by atoms with Gasteiger partial charge in [-0.3, -0.25) is 0 Å². The summed E-state index contributed by atoms with van der Waals surface area (Å²) in [4.78, 5) is 45.9. The number of fused-ring (bicyclic) bond motifs is 12. The smallest absolute Gasteiger partial charge is 0.161 e. The van der Waals surface area contributed by atoms with Crippen molar-refractivity contribution in [3.8, 4) is 157 Å². The van der Waals surface area contributed by atoms with Gasteiger partial charge in [-0.2, -0.15) is 0 Å². The van der Waals surface area contributed by atoms with Gasteiger partial charge in [0, 0.05) is 106 Å². The van der Waals surface area contributed by atoms with Gasteiger partial charge in [0.1, 0.15) is 19.3 Å². The number of benzene rings is 16. The quantitative estimate of drug-likeness (QED) is 0.106. The Hall–Kier alpha value is -15.3. The minimum absolute atomic E-state index is 0.690. The molecule has 0 fully saturated rings. The predicted molar refractivity (Wildman–Crippen MR) is 523 cm³/mol. The van der Waals surface area contributed by atoms with Crippen molar-refractivity contribution in [2.24, 2.45) is 0 Å². The summed E-state index contributed by atoms with van der Waals surface area (Å²) in [5, 5.41) is 9.06. The van der Waals surface area contributed by atoms with Gasteiger partial charge < -0.3 is 0 Å². The second-order valence-corrected chi connectivity index (χ2v) is 34.9. The molecule has 8 heterocycles. The minimum atomic E-state index is 0.690. The molecule has 0 aliphatic rings. The van der Waals surface area contributed by atoms with Crippen LogP contribution < -0.4 is 0 Å². The molecule has 0 spiro atoms. The molecule has 8 aromatic heterocycles. The molecule has 8 nitrogen and oxygen atoms in total. The van der Waals surface area contributed by atoms with Crippen molar-refractivity contribution in [1.29, 1.82) is 0 Å². The molecule has 0 radical (unpaired) electrons. The zero-order valence-electron chi connectivity index (χ0n) is 66.5. The van der Waals surface area contributed by atoms with Gasteiger partial charge >= 0.3 is 0 Å². The van der Waals surface area contributed by atoms with Gasteiger partial charge in [-0.1, -0.05) is 364 Å². The number of nitrogens with zero attached hydrogens (tertiary/aromatic N) is 8. The third-order valence-corrected chi connectivity index (χ3v) is 27.4. The highest BCUT2D eigenvalue weighted by Gasteiger charge is 2.24. The molecule has 0 aliphatic carbocycles. The summed E-state index contributed by atoms with van der Waals surface area (Å²) in [6, 6.07) is 145. The second kappa shape index (κ2) is 31.7. The molecular formula is C112H68N8S4. The first-order valence-electron chi connectivity index (χ1n) is 41.2. The Labute approximate surface area is 730 Å². The molecular weight excluding hydrogens is 1590 g/mol. The van der Waals surface area contributed by atoms with Crippen molar-refractivity contribution in [3.63, 3.8) is 0 Å². The van der Waals surface area contributed by atoms with Crippen LogP contribution in [0.4, 0.5) is 0 Å². The summed E-state index contributed by atoms with van der Waals surface area (Å²) in [5.41, 5.74) is 25.7. The number of rotatable bonds is 14. The van der Waals surface area contributed by atoms with Crippen molar-refractivity contribution < 1.29 is 0 Å². The molecule has 16 aromatic carbocycles. The first kappa shape index (κ1) is 73.8. The standard InChI is InChI=1S/C62H38N4S2.C50H30N4S2/c1-3-13-39(14-4-1)41-27-33-45(34-28-41)59-63-57(55-51-21-7-9-23-53(51)67-61(55)65-59)44-31-25-43(26-32-44)47-17-11-18-48(37-47)49-19-12-20-50(38-49)58-56-52-22-8-10-24-54(52)68-62(56)66-60(64-58)46-35-29-42(30-36-46)40-15-5-2-6-16-40;1-3-13-31(14-4-1)35-17-11-19-37(29-35)45-43-39-21-7-9-23-41(39)55-49(43)53-47(51-45)33-25-27-34(28-26-33)48-52-46(44-40-22-8-10-24-42(40)56-50(44)54-48)38-20-12-18-36(30-38)32-15-5-2-6-16-32/h1-38H;1-30H. The van der Waals surface area contributed by atoms with Crippen molar-refractivity contribution >= 4 is 127 Å². The highest BCUT2D eigenvalue weighted by molar-refractivity contribution is 7.26. The summed E-state index contributed by atoms with van der Waals surface area (Å²) < 4.78 is 4.80. The van der Waals surface area contributed by atoms with Crippen LogP contribution >= 0.6 is 45.3 Å². The van der Waals surface area contributed by atoms with E-state index in [4.69, 9.17) is 39.9 Å². The molecule has 0 amide bonds. The van der Waals surface area contributed by atoms with Crippen molar-refractivity contribution in [1.82, 2.24) is 39.9 Å². The topological polar surface area (TPSA) is 103 Å². The van der Waals surface area contributed by atoms with Crippen LogP contribution in [0.25, 0.3) is 239 Å². The van der Waals surface area contributed by atoms with E-state index < -0.39 is 0 Å². The van der Waals surface area contributed by atoms with Gasteiger partial charge in [-0.15, -0.1) is 45.3 Å². The van der Waals surface area contributed by atoms with Crippen LogP contribution in [0.15, 0.2) is 413 Å². The SMILES string of the molecule is c1ccc(-c2ccc(-c3nc(-c4ccc(-c5cccc(-c6cccc(-c7nc(-c8ccc(-c9ccccc9)cc8)nc8sc9ccccc9c78)c6)c5)cc4)c4c(n3)sc3ccccc34)cc2)cc1.c1ccc(-c2cccc(-c3nc(-c4ccc(-c5nc(-c6cccc(-c7ccccc7)c6)c6c(n5)sc5ccccc56)cc4)nc4sc5ccccc5c34)c2)cc1. The summed E-state index contributed by atoms with van der Waals surface area (Å²) in [5.74, 6) is 2.82. The van der Waals surface area contributed by atoms with Gasteiger partial charge in [0.25, 0.3) is 0 Å². The fourth-order valence-corrected chi connectivity index (χ4v) is 21.3. The van der Waals surface area contributed by atoms with E-state index in [1.54, 1.807) is 45.3 Å². The molecule has 0 saturated heterocycles. The fourth-order valence-electron chi connectivity index (χ4n) is 17.0. The van der Waals surface area contributed by atoms with E-state index in [1.807, 2.05) is 12.1 Å². The first-order chi connectivity index (χ1) is 61.4. The van der Waals surface area contributed by atoms with Crippen LogP contribution in [-0.2, 0) is 0 Å². The largest absolute Gasteiger partial charge is 0.227 e. The van der Waals surface area contributed by atoms with Crippen molar-refractivity contribution in [3.05, 3.63) is 413 Å². The molecule has 24 rings (SSSR count). The molecule has 0 bridgehead atoms. The van der Waals surface area contributed by atoms with Crippen LogP contribution in [-0.4, -0.2) is 39.9 Å². The Kier molecular flexibility index (Phi) is 18.9. The Morgan fingerprint density at radius 1 is 0.129 bits per heavy atom. The lowest BCUT2D eigenvalue weighted by atomic mass is 9.96. The normalized spacial score (nSPS) is 11.5. The maximum Gasteiger partial charge on any atom is 0.161 e. The number of thiophene rings is 4. The van der Waals surface area contributed by atoms with Gasteiger partial charge in [0.15, 0.2) is 23.3 Å². The highest BCUT2D eigenvalue weighted by atomic mass is 32.1. The van der Waals surface area contributed by atoms with Crippen LogP contribution in [0.2, 0.25) is 0 Å². The molecule has 12 heteroatoms. The average Bonchev–Trinajstić information content (AvgIpc) is 1.51. The zero-order chi connectivity index (χ0) is 82.0. The minimum Gasteiger partial charge on any atom is -0.227 e. The van der Waals surface area contributed by atoms with Gasteiger partial charge in [0.05, 0.1) is 22.8 Å². The third-order valence-electron chi connectivity index (χ3n) is 23.2. The lowest BCUT2D eigenvalue weighted by molar-refractivity contribution is 1.23. The highest BCUT2D eigenvalue weighted by Crippen LogP contribution is 2.47. The fraction of sp³-hybridized carbons (Fsp3) is 0. The van der Waals surface area contributed by atoms with Crippen LogP contribution in [0.1, 0.15) is 0 Å². The van der Waals surface area contributed by atoms with E-state index in [0.717, 1.165) is 159 Å². The Morgan fingerprint density at radius 2 is 0.306 bits per heavy atom. The van der Waals surface area contributed by atoms with E-state index in [0.29, 0.717) is 11.6 Å². The van der Waals surface area contributed by atoms with Crippen LogP contribution in [0, 0.1) is 0 Å². The van der Waals surface area contributed by atoms with E-state index in [-0.39, 0.29) is 0 Å². The lowest BCUT2D eigenvalue weighted by Crippen LogP contribution is -1.96. The van der Waals surface area contributed by atoms with Gasteiger partial charge in [0.2, 0.25) is 0 Å². The van der Waals surface area contributed by atoms with Crippen LogP contribution in [0.3, 0.4) is 0 Å². The van der Waals surface area contributed by atoms with Crippen molar-refractivity contribution in [2.75, 3.05) is 0 Å². The first-order valence-corrected chi connectivity index (χ1v) is 44.5. The maximum absolute atomic E-state index is 5.36. The molecule has 0 atom stereocenters. The molecule has 124 heavy (non-hydrogen) atoms. The molecule has 0 N–H and O–H groups in total. The van der Waals surface area contributed by atoms with Gasteiger partial charge in [-0.25, -0.2) is 39.9 Å². The molecule has 0 aliphatic heterocycles. The summed E-state index contributed by atoms with van der Waals surface area (Å²) in [6.07, 6.45) is 0. The summed E-state index contributed by atoms with van der Waals surface area (Å²) in [7, 11) is 0. The predicted octanol–water partition coefficient (Wildman–Crippen LogP) is 31.3. The number of hydrogen-bond acceptors (Lipinski definition) is 12. The second-order valence-electron chi connectivity index (χ2n) is 30.8. The van der Waals surface area contributed by atoms with Crippen molar-refractivity contribution in [2.45, 2.75) is 0 Å². The third kappa shape index (κ3) is 13.9. The molecule has 0 unspecified atom stereocenters. The van der Waals surface area contributed by atoms with E-state index in [1.165, 1.54) is 68.2 Å². The Balaban J connectivity index is 0.000000146. The average molecular weight is 1650 g/mol. The summed E-state index contributed by atoms with van der Waals surface area (Å²) >= 11 is 6.87. The molecule has 24 aromatic rings. The monoisotopic (exact) mass is 1650 g/mol. The van der Waals surface area contributed by atoms with Gasteiger partial charge in [-0.05, 0) is 115 Å². The van der Waals surface area contributed by atoms with E-state index in [2.05, 4.69) is 400 Å². The molecule has 580 valence electrons. The zero-order valence-corrected chi connectivity index (χ0v) is 69.7. The Bertz CT molecular complexity index is 7980. The lowest BCUT2D eigenvalue weighted by Gasteiger charge is -2.11. The maximum atomic E-state index is 5.36. The number of hydrogen-bond donors (Lipinski definition) is 0. The van der Waals surface area contributed by atoms with E-state index in [9.17, 15) is 0 Å². The van der Waals surface area contributed by atoms with Crippen LogP contribution in [0.5, 0.6) is 0 Å². The molecule has 0 saturated carbocycles. The van der Waals surface area contributed by atoms with E-state index >= 15 is 0 Å².